The summed E-state index contributed by atoms with van der Waals surface area (Å²) < 4.78 is 111. The highest BCUT2D eigenvalue weighted by atomic mass is 32.2. The lowest BCUT2D eigenvalue weighted by atomic mass is 10.2. The van der Waals surface area contributed by atoms with Crippen LogP contribution in [0.4, 0.5) is 26.3 Å². The maximum atomic E-state index is 13.5. The lowest BCUT2D eigenvalue weighted by molar-refractivity contribution is -0.144. The van der Waals surface area contributed by atoms with Gasteiger partial charge in [-0.1, -0.05) is 50.2 Å². The molecule has 0 aliphatic rings. The quantitative estimate of drug-likeness (QED) is 0.108. The summed E-state index contributed by atoms with van der Waals surface area (Å²) in [5, 5.41) is 1.55. The molecule has 6 heterocycles. The Balaban J connectivity index is 0.000000187. The highest BCUT2D eigenvalue weighted by Gasteiger charge is 2.37. The maximum absolute atomic E-state index is 13.5. The molecule has 0 atom stereocenters. The van der Waals surface area contributed by atoms with Crippen LogP contribution in [-0.2, 0) is 49.4 Å². The Morgan fingerprint density at radius 1 is 0.597 bits per heavy atom. The predicted octanol–water partition coefficient (Wildman–Crippen LogP) is 8.88. The molecule has 8 aromatic rings. The number of halogens is 6. The van der Waals surface area contributed by atoms with E-state index in [-0.39, 0.29) is 57.3 Å². The number of thioether (sulfide) groups is 1. The number of hydrogen-bond donors (Lipinski definition) is 0. The van der Waals surface area contributed by atoms with E-state index in [9.17, 15) is 44.3 Å². The molecule has 0 N–H and O–H groups in total. The minimum Gasteiger partial charge on any atom is -0.321 e. The van der Waals surface area contributed by atoms with Crippen LogP contribution in [0.15, 0.2) is 92.2 Å². The van der Waals surface area contributed by atoms with Crippen LogP contribution in [0.5, 0.6) is 0 Å². The van der Waals surface area contributed by atoms with Gasteiger partial charge in [0.25, 0.3) is 11.1 Å². The number of rotatable bonds is 8. The van der Waals surface area contributed by atoms with Gasteiger partial charge in [-0.2, -0.15) is 26.3 Å². The molecular weight excluding hydrogens is 859 g/mol. The largest absolute Gasteiger partial charge is 0.431 e. The first-order chi connectivity index (χ1) is 29.2. The Labute approximate surface area is 353 Å². The van der Waals surface area contributed by atoms with Crippen LogP contribution in [0.1, 0.15) is 39.1 Å². The highest BCUT2D eigenvalue weighted by Crippen LogP contribution is 2.36. The second-order valence-electron chi connectivity index (χ2n) is 14.0. The summed E-state index contributed by atoms with van der Waals surface area (Å²) in [6.07, 6.45) is -9.40. The number of pyridine rings is 4. The van der Waals surface area contributed by atoms with E-state index < -0.39 is 44.7 Å². The number of aromatic nitrogens is 8. The lowest BCUT2D eigenvalue weighted by Gasteiger charge is -2.14. The topological polar surface area (TPSA) is 140 Å². The number of fused-ring (bicyclic) bond motifs is 4. The second-order valence-corrected chi connectivity index (χ2v) is 17.6. The van der Waals surface area contributed by atoms with Gasteiger partial charge < -0.3 is 18.3 Å². The fourth-order valence-corrected chi connectivity index (χ4v) is 9.17. The molecule has 324 valence electrons. The van der Waals surface area contributed by atoms with Crippen molar-refractivity contribution in [2.75, 3.05) is 11.5 Å². The number of sulfone groups is 1. The van der Waals surface area contributed by atoms with E-state index in [1.807, 2.05) is 37.3 Å². The van der Waals surface area contributed by atoms with Gasteiger partial charge in [0, 0.05) is 42.9 Å². The van der Waals surface area contributed by atoms with E-state index in [1.165, 1.54) is 38.5 Å². The molecule has 8 rings (SSSR count). The van der Waals surface area contributed by atoms with Crippen LogP contribution in [0, 0.1) is 0 Å². The molecule has 62 heavy (non-hydrogen) atoms. The van der Waals surface area contributed by atoms with Crippen molar-refractivity contribution in [1.29, 1.82) is 0 Å². The Kier molecular flexibility index (Phi) is 11.6. The molecule has 0 saturated carbocycles. The first kappa shape index (κ1) is 44.0. The van der Waals surface area contributed by atoms with Crippen molar-refractivity contribution >= 4 is 65.5 Å². The summed E-state index contributed by atoms with van der Waals surface area (Å²) in [4.78, 5) is 44.4. The molecule has 0 unspecified atom stereocenters. The summed E-state index contributed by atoms with van der Waals surface area (Å²) in [7, 11) is -0.664. The first-order valence-electron chi connectivity index (χ1n) is 19.3. The van der Waals surface area contributed by atoms with Crippen molar-refractivity contribution in [1.82, 2.24) is 38.2 Å². The van der Waals surface area contributed by atoms with Gasteiger partial charge in [-0.15, -0.1) is 11.8 Å². The van der Waals surface area contributed by atoms with Crippen LogP contribution < -0.4 is 11.1 Å². The molecule has 0 fully saturated rings. The van der Waals surface area contributed by atoms with Crippen molar-refractivity contribution < 1.29 is 34.8 Å². The molecular formula is C42H38F6N8O4S2. The highest BCUT2D eigenvalue weighted by molar-refractivity contribution is 7.99. The maximum Gasteiger partial charge on any atom is 0.431 e. The Bertz CT molecular complexity index is 3300. The molecule has 0 spiro atoms. The summed E-state index contributed by atoms with van der Waals surface area (Å²) in [6.45, 7) is 6.17. The standard InChI is InChI=1S/C21H19F3N4O3S.C21H19F3N4OS/c1-4-28-16(21(22,23)24)11-14-18(20(28)29)27(3)19(26-14)17-15(32(30,31)5-2)10-12-8-6-7-9-13(12)25-17;1-4-28-16(21(22,23)24)11-14-18(20(28)29)27(3)19(26-14)17-15(30-5-2)10-12-8-6-7-9-13(12)25-17/h6-11H,4-5H2,1-3H3;6-11H,4-5H2,1-3H3. The third-order valence-corrected chi connectivity index (χ3v) is 13.0. The number of alkyl halides is 6. The zero-order valence-electron chi connectivity index (χ0n) is 34.1. The van der Waals surface area contributed by atoms with Crippen molar-refractivity contribution in [3.05, 3.63) is 105 Å². The SMILES string of the molecule is CCSc1cc2ccccc2nc1-c1nc2cc(C(F)(F)F)n(CC)c(=O)c2n1C.CCn1c(C(F)(F)F)cc2nc(-c3nc4ccccc4cc3S(=O)(=O)CC)n(C)c2c1=O. The molecule has 0 radical (unpaired) electrons. The van der Waals surface area contributed by atoms with Gasteiger partial charge in [-0.25, -0.2) is 28.4 Å². The number of nitrogens with zero attached hydrogens (tertiary/aromatic N) is 8. The molecule has 2 aromatic carbocycles. The van der Waals surface area contributed by atoms with Gasteiger partial charge in [0.15, 0.2) is 21.5 Å². The van der Waals surface area contributed by atoms with Gasteiger partial charge in [0.2, 0.25) is 0 Å². The van der Waals surface area contributed by atoms with Gasteiger partial charge in [0.1, 0.15) is 33.8 Å². The molecule has 0 saturated heterocycles. The average molecular weight is 897 g/mol. The Hall–Kier alpha value is -6.02. The Morgan fingerprint density at radius 2 is 1.03 bits per heavy atom. The van der Waals surface area contributed by atoms with Gasteiger partial charge in [-0.05, 0) is 56.0 Å². The number of aryl methyl sites for hydroxylation is 2. The molecule has 0 amide bonds. The van der Waals surface area contributed by atoms with Crippen molar-refractivity contribution in [2.45, 2.75) is 62.9 Å². The fourth-order valence-electron chi connectivity index (χ4n) is 7.33. The summed E-state index contributed by atoms with van der Waals surface area (Å²) in [5.74, 6) is 0.950. The third-order valence-electron chi connectivity index (χ3n) is 10.3. The van der Waals surface area contributed by atoms with Crippen LogP contribution in [-0.4, -0.2) is 58.1 Å². The molecule has 12 nitrogen and oxygen atoms in total. The summed E-state index contributed by atoms with van der Waals surface area (Å²) in [6, 6.07) is 19.7. The lowest BCUT2D eigenvalue weighted by Crippen LogP contribution is -2.28. The van der Waals surface area contributed by atoms with Crippen LogP contribution in [0.3, 0.4) is 0 Å². The molecule has 20 heteroatoms. The number of hydrogen-bond acceptors (Lipinski definition) is 9. The van der Waals surface area contributed by atoms with E-state index in [2.05, 4.69) is 15.0 Å². The minimum absolute atomic E-state index is 0.00291. The summed E-state index contributed by atoms with van der Waals surface area (Å²) in [5.41, 5.74) is -2.02. The zero-order valence-corrected chi connectivity index (χ0v) is 35.7. The van der Waals surface area contributed by atoms with Gasteiger partial charge >= 0.3 is 12.4 Å². The van der Waals surface area contributed by atoms with Crippen LogP contribution >= 0.6 is 11.8 Å². The number of benzene rings is 2. The van der Waals surface area contributed by atoms with E-state index in [1.54, 1.807) is 47.6 Å². The van der Waals surface area contributed by atoms with Crippen molar-refractivity contribution in [3.63, 3.8) is 0 Å². The number of imidazole rings is 2. The minimum atomic E-state index is -4.75. The van der Waals surface area contributed by atoms with E-state index >= 15 is 0 Å². The van der Waals surface area contributed by atoms with Crippen LogP contribution in [0.25, 0.3) is 66.9 Å². The Morgan fingerprint density at radius 3 is 1.47 bits per heavy atom. The second kappa shape index (κ2) is 16.4. The monoisotopic (exact) mass is 896 g/mol. The third kappa shape index (κ3) is 7.73. The van der Waals surface area contributed by atoms with E-state index in [0.29, 0.717) is 27.0 Å². The number of para-hydroxylation sites is 2. The average Bonchev–Trinajstić information content (AvgIpc) is 3.75. The van der Waals surface area contributed by atoms with Crippen LogP contribution in [0.2, 0.25) is 0 Å². The van der Waals surface area contributed by atoms with Gasteiger partial charge in [0.05, 0.1) is 32.7 Å². The summed E-state index contributed by atoms with van der Waals surface area (Å²) >= 11 is 1.57. The molecule has 0 aliphatic heterocycles. The zero-order chi connectivity index (χ0) is 45.1. The van der Waals surface area contributed by atoms with Crippen molar-refractivity contribution in [2.24, 2.45) is 14.1 Å². The predicted molar refractivity (Wildman–Crippen MR) is 227 cm³/mol. The fraction of sp³-hybridized carbons (Fsp3) is 0.286. The molecule has 0 bridgehead atoms. The van der Waals surface area contributed by atoms with Gasteiger partial charge in [-0.3, -0.25) is 9.59 Å². The first-order valence-corrected chi connectivity index (χ1v) is 21.9. The van der Waals surface area contributed by atoms with E-state index in [0.717, 1.165) is 38.3 Å². The van der Waals surface area contributed by atoms with Crippen molar-refractivity contribution in [3.8, 4) is 23.0 Å². The molecule has 6 aromatic heterocycles. The normalized spacial score (nSPS) is 12.5. The molecule has 0 aliphatic carbocycles. The smallest absolute Gasteiger partial charge is 0.321 e. The van der Waals surface area contributed by atoms with E-state index in [4.69, 9.17) is 4.98 Å².